The van der Waals surface area contributed by atoms with Gasteiger partial charge in [-0.2, -0.15) is 0 Å². The lowest BCUT2D eigenvalue weighted by atomic mass is 10.2. The van der Waals surface area contributed by atoms with Gasteiger partial charge in [0.15, 0.2) is 6.10 Å². The van der Waals surface area contributed by atoms with Crippen LogP contribution in [0.15, 0.2) is 54.6 Å². The van der Waals surface area contributed by atoms with Crippen LogP contribution < -0.4 is 10.1 Å². The summed E-state index contributed by atoms with van der Waals surface area (Å²) in [7, 11) is 0. The molecule has 0 spiro atoms. The fraction of sp³-hybridized carbons (Fsp3) is 0.118. The number of benzene rings is 2. The van der Waals surface area contributed by atoms with Gasteiger partial charge in [-0.15, -0.1) is 10.2 Å². The molecule has 0 aliphatic carbocycles. The van der Waals surface area contributed by atoms with E-state index >= 15 is 0 Å². The molecule has 5 nitrogen and oxygen atoms in total. The second kappa shape index (κ2) is 7.42. The number of anilines is 1. The number of hydrogen-bond donors (Lipinski definition) is 1. The van der Waals surface area contributed by atoms with Gasteiger partial charge in [-0.25, -0.2) is 0 Å². The van der Waals surface area contributed by atoms with Crippen LogP contribution in [0.5, 0.6) is 5.75 Å². The summed E-state index contributed by atoms with van der Waals surface area (Å²) in [4.78, 5) is 12.2. The molecular formula is C17H14ClN3O2S. The number of nitrogens with zero attached hydrogens (tertiary/aromatic N) is 2. The molecule has 0 unspecified atom stereocenters. The largest absolute Gasteiger partial charge is 0.481 e. The van der Waals surface area contributed by atoms with Gasteiger partial charge in [-0.05, 0) is 31.2 Å². The lowest BCUT2D eigenvalue weighted by Gasteiger charge is -2.13. The van der Waals surface area contributed by atoms with Crippen LogP contribution in [0.3, 0.4) is 0 Å². The molecule has 0 saturated heterocycles. The minimum atomic E-state index is -0.671. The minimum absolute atomic E-state index is 0.291. The van der Waals surface area contributed by atoms with Crippen molar-refractivity contribution in [1.29, 1.82) is 0 Å². The highest BCUT2D eigenvalue weighted by Crippen LogP contribution is 2.26. The van der Waals surface area contributed by atoms with E-state index in [9.17, 15) is 4.79 Å². The summed E-state index contributed by atoms with van der Waals surface area (Å²) in [6.45, 7) is 1.67. The van der Waals surface area contributed by atoms with Crippen LogP contribution in [0, 0.1) is 0 Å². The van der Waals surface area contributed by atoms with Gasteiger partial charge in [0.05, 0.1) is 0 Å². The van der Waals surface area contributed by atoms with Crippen LogP contribution in [-0.2, 0) is 4.79 Å². The van der Waals surface area contributed by atoms with Crippen LogP contribution in [0.4, 0.5) is 5.13 Å². The van der Waals surface area contributed by atoms with Gasteiger partial charge >= 0.3 is 0 Å². The Kier molecular flexibility index (Phi) is 5.08. The molecule has 0 radical (unpaired) electrons. The molecule has 0 fully saturated rings. The van der Waals surface area contributed by atoms with Crippen molar-refractivity contribution in [3.05, 3.63) is 59.6 Å². The Morgan fingerprint density at radius 1 is 1.12 bits per heavy atom. The molecule has 1 N–H and O–H groups in total. The number of ether oxygens (including phenoxy) is 1. The summed E-state index contributed by atoms with van der Waals surface area (Å²) in [5, 5.41) is 12.6. The van der Waals surface area contributed by atoms with Gasteiger partial charge in [0.2, 0.25) is 5.13 Å². The predicted octanol–water partition coefficient (Wildman–Crippen LogP) is 4.26. The number of nitrogens with one attached hydrogen (secondary N) is 1. The molecule has 122 valence electrons. The first-order valence-corrected chi connectivity index (χ1v) is 8.43. The van der Waals surface area contributed by atoms with Crippen LogP contribution in [-0.4, -0.2) is 22.2 Å². The molecule has 3 rings (SSSR count). The Bertz CT molecular complexity index is 821. The van der Waals surface area contributed by atoms with Crippen molar-refractivity contribution in [3.63, 3.8) is 0 Å². The fourth-order valence-electron chi connectivity index (χ4n) is 1.95. The predicted molar refractivity (Wildman–Crippen MR) is 95.5 cm³/mol. The van der Waals surface area contributed by atoms with Gasteiger partial charge in [0, 0.05) is 10.6 Å². The summed E-state index contributed by atoms with van der Waals surface area (Å²) in [6, 6.07) is 16.5. The van der Waals surface area contributed by atoms with Crippen LogP contribution in [0.25, 0.3) is 10.6 Å². The summed E-state index contributed by atoms with van der Waals surface area (Å²) in [5.74, 6) is 0.282. The van der Waals surface area contributed by atoms with E-state index in [-0.39, 0.29) is 5.91 Å². The second-order valence-corrected chi connectivity index (χ2v) is 6.40. The Labute approximate surface area is 148 Å². The number of hydrogen-bond acceptors (Lipinski definition) is 5. The number of aromatic nitrogens is 2. The van der Waals surface area contributed by atoms with E-state index in [0.29, 0.717) is 15.9 Å². The van der Waals surface area contributed by atoms with Crippen molar-refractivity contribution >= 4 is 34.0 Å². The maximum Gasteiger partial charge on any atom is 0.266 e. The first-order chi connectivity index (χ1) is 11.6. The molecule has 3 aromatic rings. The van der Waals surface area contributed by atoms with Crippen LogP contribution in [0.2, 0.25) is 5.02 Å². The zero-order valence-corrected chi connectivity index (χ0v) is 14.3. The second-order valence-electron chi connectivity index (χ2n) is 4.98. The molecule has 1 heterocycles. The monoisotopic (exact) mass is 359 g/mol. The van der Waals surface area contributed by atoms with Crippen molar-refractivity contribution in [2.24, 2.45) is 0 Å². The van der Waals surface area contributed by atoms with Crippen molar-refractivity contribution in [2.75, 3.05) is 5.32 Å². The van der Waals surface area contributed by atoms with Gasteiger partial charge in [-0.3, -0.25) is 10.1 Å². The minimum Gasteiger partial charge on any atom is -0.481 e. The Hall–Kier alpha value is -2.44. The van der Waals surface area contributed by atoms with Gasteiger partial charge in [0.25, 0.3) is 5.91 Å². The summed E-state index contributed by atoms with van der Waals surface area (Å²) in [5.41, 5.74) is 0.959. The zero-order valence-electron chi connectivity index (χ0n) is 12.8. The molecule has 1 atom stereocenters. The number of rotatable bonds is 5. The SMILES string of the molecule is C[C@@H](Oc1ccc(Cl)cc1)C(=O)Nc1nnc(-c2ccccc2)s1. The van der Waals surface area contributed by atoms with E-state index in [1.54, 1.807) is 31.2 Å². The lowest BCUT2D eigenvalue weighted by Crippen LogP contribution is -2.30. The highest BCUT2D eigenvalue weighted by atomic mass is 35.5. The number of carbonyl (C=O) groups excluding carboxylic acids is 1. The summed E-state index contributed by atoms with van der Waals surface area (Å²) in [6.07, 6.45) is -0.671. The van der Waals surface area contributed by atoms with E-state index in [1.165, 1.54) is 11.3 Å². The van der Waals surface area contributed by atoms with E-state index in [2.05, 4.69) is 15.5 Å². The van der Waals surface area contributed by atoms with Gasteiger partial charge in [0.1, 0.15) is 10.8 Å². The number of carbonyl (C=O) groups is 1. The van der Waals surface area contributed by atoms with E-state index in [0.717, 1.165) is 10.6 Å². The molecule has 0 aliphatic heterocycles. The summed E-state index contributed by atoms with van der Waals surface area (Å²) < 4.78 is 5.58. The highest BCUT2D eigenvalue weighted by molar-refractivity contribution is 7.18. The maximum atomic E-state index is 12.2. The molecule has 1 aromatic heterocycles. The Morgan fingerprint density at radius 3 is 2.54 bits per heavy atom. The van der Waals surface area contributed by atoms with E-state index in [1.807, 2.05) is 30.3 Å². The summed E-state index contributed by atoms with van der Waals surface area (Å²) >= 11 is 7.14. The van der Waals surface area contributed by atoms with Gasteiger partial charge < -0.3 is 4.74 Å². The first-order valence-electron chi connectivity index (χ1n) is 7.24. The molecule has 0 aliphatic rings. The van der Waals surface area contributed by atoms with Crippen LogP contribution in [0.1, 0.15) is 6.92 Å². The smallest absolute Gasteiger partial charge is 0.266 e. The molecule has 0 bridgehead atoms. The average molecular weight is 360 g/mol. The van der Waals surface area contributed by atoms with Crippen LogP contribution >= 0.6 is 22.9 Å². The standard InChI is InChI=1S/C17H14ClN3O2S/c1-11(23-14-9-7-13(18)8-10-14)15(22)19-17-21-20-16(24-17)12-5-3-2-4-6-12/h2-11H,1H3,(H,19,21,22)/t11-/m1/s1. The third kappa shape index (κ3) is 4.10. The molecule has 0 saturated carbocycles. The normalized spacial score (nSPS) is 11.8. The van der Waals surface area contributed by atoms with E-state index < -0.39 is 6.10 Å². The molecular weight excluding hydrogens is 346 g/mol. The molecule has 1 amide bonds. The molecule has 24 heavy (non-hydrogen) atoms. The quantitative estimate of drug-likeness (QED) is 0.739. The topological polar surface area (TPSA) is 64.1 Å². The molecule has 7 heteroatoms. The Balaban J connectivity index is 1.62. The highest BCUT2D eigenvalue weighted by Gasteiger charge is 2.17. The Morgan fingerprint density at radius 2 is 1.83 bits per heavy atom. The maximum absolute atomic E-state index is 12.2. The third-order valence-electron chi connectivity index (χ3n) is 3.17. The third-order valence-corrected chi connectivity index (χ3v) is 4.31. The number of halogens is 1. The van der Waals surface area contributed by atoms with Crippen molar-refractivity contribution in [2.45, 2.75) is 13.0 Å². The van der Waals surface area contributed by atoms with Gasteiger partial charge in [-0.1, -0.05) is 53.3 Å². The first kappa shape index (κ1) is 16.4. The molecule has 2 aromatic carbocycles. The van der Waals surface area contributed by atoms with Crippen molar-refractivity contribution < 1.29 is 9.53 Å². The number of amides is 1. The van der Waals surface area contributed by atoms with Crippen molar-refractivity contribution in [1.82, 2.24) is 10.2 Å². The van der Waals surface area contributed by atoms with Crippen molar-refractivity contribution in [3.8, 4) is 16.3 Å². The van der Waals surface area contributed by atoms with E-state index in [4.69, 9.17) is 16.3 Å². The average Bonchev–Trinajstić information content (AvgIpc) is 3.06. The zero-order chi connectivity index (χ0) is 16.9. The lowest BCUT2D eigenvalue weighted by molar-refractivity contribution is -0.122. The fourth-order valence-corrected chi connectivity index (χ4v) is 2.83.